The molecule has 2 heterocycles. The van der Waals surface area contributed by atoms with Crippen LogP contribution in [0, 0.1) is 6.92 Å². The number of hydrogen-bond acceptors (Lipinski definition) is 4. The van der Waals surface area contributed by atoms with Crippen LogP contribution in [-0.4, -0.2) is 54.3 Å². The molecule has 1 aromatic heterocycles. The van der Waals surface area contributed by atoms with Gasteiger partial charge in [-0.2, -0.15) is 0 Å². The fourth-order valence-electron chi connectivity index (χ4n) is 2.71. The fraction of sp³-hybridized carbons (Fsp3) is 0.333. The van der Waals surface area contributed by atoms with Gasteiger partial charge in [0, 0.05) is 31.9 Å². The van der Waals surface area contributed by atoms with Gasteiger partial charge in [0.05, 0.1) is 11.4 Å². The van der Waals surface area contributed by atoms with Gasteiger partial charge >= 0.3 is 0 Å². The van der Waals surface area contributed by atoms with E-state index < -0.39 is 0 Å². The maximum atomic E-state index is 12.3. The van der Waals surface area contributed by atoms with Gasteiger partial charge in [-0.3, -0.25) is 14.5 Å². The molecule has 0 saturated carbocycles. The number of thiophene rings is 1. The molecule has 0 spiro atoms. The number of anilines is 1. The summed E-state index contributed by atoms with van der Waals surface area (Å²) in [4.78, 5) is 29.2. The monoisotopic (exact) mass is 343 g/mol. The normalized spacial score (nSPS) is 15.3. The van der Waals surface area contributed by atoms with Crippen molar-refractivity contribution in [3.63, 3.8) is 0 Å². The van der Waals surface area contributed by atoms with Gasteiger partial charge in [0.15, 0.2) is 0 Å². The maximum Gasteiger partial charge on any atom is 0.264 e. The molecule has 1 aliphatic heterocycles. The Morgan fingerprint density at radius 2 is 1.79 bits per heavy atom. The zero-order valence-electron chi connectivity index (χ0n) is 13.7. The average molecular weight is 343 g/mol. The van der Waals surface area contributed by atoms with Crippen LogP contribution in [0.3, 0.4) is 0 Å². The van der Waals surface area contributed by atoms with Crippen LogP contribution in [0.15, 0.2) is 41.8 Å². The minimum Gasteiger partial charge on any atom is -0.335 e. The molecule has 0 radical (unpaired) electrons. The van der Waals surface area contributed by atoms with Crippen LogP contribution >= 0.6 is 11.3 Å². The molecule has 0 aliphatic carbocycles. The third-order valence-corrected chi connectivity index (χ3v) is 4.95. The molecule has 0 atom stereocenters. The van der Waals surface area contributed by atoms with E-state index in [1.54, 1.807) is 0 Å². The van der Waals surface area contributed by atoms with Crippen LogP contribution in [0.25, 0.3) is 0 Å². The summed E-state index contributed by atoms with van der Waals surface area (Å²) >= 11 is 1.47. The SMILES string of the molecule is Cc1ccc(NC(=O)CN2CCN(C(=O)c3cccs3)CC2)cc1. The Balaban J connectivity index is 1.46. The number of hydrogen-bond donors (Lipinski definition) is 1. The number of carbonyl (C=O) groups excluding carboxylic acids is 2. The number of aryl methyl sites for hydroxylation is 1. The lowest BCUT2D eigenvalue weighted by Crippen LogP contribution is -2.50. The third-order valence-electron chi connectivity index (χ3n) is 4.09. The maximum absolute atomic E-state index is 12.3. The lowest BCUT2D eigenvalue weighted by atomic mass is 10.2. The number of piperazine rings is 1. The van der Waals surface area contributed by atoms with Crippen LogP contribution in [-0.2, 0) is 4.79 Å². The van der Waals surface area contributed by atoms with Crippen LogP contribution in [0.4, 0.5) is 5.69 Å². The summed E-state index contributed by atoms with van der Waals surface area (Å²) in [5, 5.41) is 4.83. The number of nitrogens with zero attached hydrogens (tertiary/aromatic N) is 2. The number of amides is 2. The summed E-state index contributed by atoms with van der Waals surface area (Å²) < 4.78 is 0. The molecule has 1 N–H and O–H groups in total. The minimum absolute atomic E-state index is 0.0168. The summed E-state index contributed by atoms with van der Waals surface area (Å²) in [6.45, 7) is 5.14. The van der Waals surface area contributed by atoms with Gasteiger partial charge in [-0.1, -0.05) is 23.8 Å². The zero-order valence-corrected chi connectivity index (χ0v) is 14.5. The molecule has 1 aromatic carbocycles. The number of nitrogens with one attached hydrogen (secondary N) is 1. The van der Waals surface area contributed by atoms with Crippen LogP contribution in [0.5, 0.6) is 0 Å². The summed E-state index contributed by atoms with van der Waals surface area (Å²) in [5.41, 5.74) is 1.98. The van der Waals surface area contributed by atoms with Crippen LogP contribution in [0.2, 0.25) is 0 Å². The minimum atomic E-state index is -0.0168. The van der Waals surface area contributed by atoms with Crippen molar-refractivity contribution in [1.29, 1.82) is 0 Å². The number of rotatable bonds is 4. The lowest BCUT2D eigenvalue weighted by molar-refractivity contribution is -0.117. The van der Waals surface area contributed by atoms with E-state index in [4.69, 9.17) is 0 Å². The second-order valence-electron chi connectivity index (χ2n) is 5.96. The molecule has 6 heteroatoms. The van der Waals surface area contributed by atoms with Crippen molar-refractivity contribution < 1.29 is 9.59 Å². The molecule has 0 unspecified atom stereocenters. The van der Waals surface area contributed by atoms with Crippen molar-refractivity contribution in [2.45, 2.75) is 6.92 Å². The molecule has 3 rings (SSSR count). The highest BCUT2D eigenvalue weighted by molar-refractivity contribution is 7.12. The van der Waals surface area contributed by atoms with Crippen molar-refractivity contribution in [1.82, 2.24) is 9.80 Å². The Bertz CT molecular complexity index is 690. The van der Waals surface area contributed by atoms with Crippen molar-refractivity contribution in [2.24, 2.45) is 0 Å². The Morgan fingerprint density at radius 1 is 1.08 bits per heavy atom. The molecular weight excluding hydrogens is 322 g/mol. The van der Waals surface area contributed by atoms with Gasteiger partial charge in [-0.25, -0.2) is 0 Å². The van der Waals surface area contributed by atoms with E-state index in [0.29, 0.717) is 19.6 Å². The largest absolute Gasteiger partial charge is 0.335 e. The van der Waals surface area contributed by atoms with Crippen molar-refractivity contribution in [3.8, 4) is 0 Å². The zero-order chi connectivity index (χ0) is 16.9. The predicted molar refractivity (Wildman–Crippen MR) is 96.5 cm³/mol. The summed E-state index contributed by atoms with van der Waals surface area (Å²) in [6, 6.07) is 11.5. The Labute approximate surface area is 145 Å². The van der Waals surface area contributed by atoms with E-state index in [9.17, 15) is 9.59 Å². The fourth-order valence-corrected chi connectivity index (χ4v) is 3.40. The summed E-state index contributed by atoms with van der Waals surface area (Å²) in [5.74, 6) is 0.0747. The molecule has 1 aliphatic rings. The smallest absolute Gasteiger partial charge is 0.264 e. The molecule has 126 valence electrons. The van der Waals surface area contributed by atoms with Gasteiger partial charge in [-0.15, -0.1) is 11.3 Å². The van der Waals surface area contributed by atoms with Gasteiger partial charge in [0.25, 0.3) is 5.91 Å². The molecule has 5 nitrogen and oxygen atoms in total. The van der Waals surface area contributed by atoms with Crippen LogP contribution in [0.1, 0.15) is 15.2 Å². The Hall–Kier alpha value is -2.18. The standard InChI is InChI=1S/C18H21N3O2S/c1-14-4-6-15(7-5-14)19-17(22)13-20-8-10-21(11-9-20)18(23)16-3-2-12-24-16/h2-7,12H,8-11,13H2,1H3,(H,19,22). The van der Waals surface area contributed by atoms with Crippen LogP contribution < -0.4 is 5.32 Å². The topological polar surface area (TPSA) is 52.7 Å². The molecule has 2 aromatic rings. The Morgan fingerprint density at radius 3 is 2.42 bits per heavy atom. The Kier molecular flexibility index (Phi) is 5.27. The first kappa shape index (κ1) is 16.7. The van der Waals surface area contributed by atoms with E-state index in [2.05, 4.69) is 10.2 Å². The first-order valence-corrected chi connectivity index (χ1v) is 8.91. The predicted octanol–water partition coefficient (Wildman–Crippen LogP) is 2.45. The van der Waals surface area contributed by atoms with E-state index in [0.717, 1.165) is 23.7 Å². The highest BCUT2D eigenvalue weighted by Crippen LogP contribution is 2.14. The molecule has 1 saturated heterocycles. The second-order valence-corrected chi connectivity index (χ2v) is 6.91. The first-order valence-electron chi connectivity index (χ1n) is 8.03. The van der Waals surface area contributed by atoms with E-state index in [-0.39, 0.29) is 11.8 Å². The van der Waals surface area contributed by atoms with Gasteiger partial charge in [-0.05, 0) is 30.5 Å². The highest BCUT2D eigenvalue weighted by atomic mass is 32.1. The lowest BCUT2D eigenvalue weighted by Gasteiger charge is -2.34. The first-order chi connectivity index (χ1) is 11.6. The number of carbonyl (C=O) groups is 2. The van der Waals surface area contributed by atoms with E-state index >= 15 is 0 Å². The number of benzene rings is 1. The van der Waals surface area contributed by atoms with Gasteiger partial charge < -0.3 is 10.2 Å². The quantitative estimate of drug-likeness (QED) is 0.928. The van der Waals surface area contributed by atoms with E-state index in [1.807, 2.05) is 53.6 Å². The van der Waals surface area contributed by atoms with Crippen molar-refractivity contribution in [2.75, 3.05) is 38.0 Å². The molecule has 1 fully saturated rings. The van der Waals surface area contributed by atoms with Crippen molar-refractivity contribution >= 4 is 28.8 Å². The van der Waals surface area contributed by atoms with Gasteiger partial charge in [0.2, 0.25) is 5.91 Å². The molecule has 24 heavy (non-hydrogen) atoms. The average Bonchev–Trinajstić information content (AvgIpc) is 3.11. The van der Waals surface area contributed by atoms with Gasteiger partial charge in [0.1, 0.15) is 0 Å². The molecular formula is C18H21N3O2S. The molecule has 0 bridgehead atoms. The summed E-state index contributed by atoms with van der Waals surface area (Å²) in [7, 11) is 0. The highest BCUT2D eigenvalue weighted by Gasteiger charge is 2.23. The second kappa shape index (κ2) is 7.59. The van der Waals surface area contributed by atoms with E-state index in [1.165, 1.54) is 16.9 Å². The summed E-state index contributed by atoms with van der Waals surface area (Å²) in [6.07, 6.45) is 0. The van der Waals surface area contributed by atoms with Crippen molar-refractivity contribution in [3.05, 3.63) is 52.2 Å². The molecule has 2 amide bonds. The third kappa shape index (κ3) is 4.21.